The van der Waals surface area contributed by atoms with Crippen LogP contribution in [0.4, 0.5) is 5.69 Å². The second-order valence-corrected chi connectivity index (χ2v) is 5.34. The van der Waals surface area contributed by atoms with Gasteiger partial charge in [-0.2, -0.15) is 0 Å². The van der Waals surface area contributed by atoms with Crippen LogP contribution >= 0.6 is 27.5 Å². The molecular weight excluding hydrogens is 344 g/mol. The molecular formula is C13H12BrClN4O. The number of rotatable bonds is 4. The lowest BCUT2D eigenvalue weighted by Crippen LogP contribution is -2.15. The van der Waals surface area contributed by atoms with E-state index in [-0.39, 0.29) is 5.84 Å². The first-order valence-electron chi connectivity index (χ1n) is 5.72. The van der Waals surface area contributed by atoms with E-state index < -0.39 is 0 Å². The van der Waals surface area contributed by atoms with Gasteiger partial charge in [-0.1, -0.05) is 32.7 Å². The highest BCUT2D eigenvalue weighted by molar-refractivity contribution is 9.10. The van der Waals surface area contributed by atoms with Crippen LogP contribution in [0.3, 0.4) is 0 Å². The minimum Gasteiger partial charge on any atom is -0.409 e. The summed E-state index contributed by atoms with van der Waals surface area (Å²) >= 11 is 9.48. The fraction of sp³-hybridized carbons (Fsp3) is 0.0769. The molecule has 1 aromatic heterocycles. The van der Waals surface area contributed by atoms with Crippen LogP contribution in [0.5, 0.6) is 0 Å². The van der Waals surface area contributed by atoms with Crippen LogP contribution in [0.1, 0.15) is 11.3 Å². The van der Waals surface area contributed by atoms with Crippen LogP contribution < -0.4 is 11.1 Å². The molecule has 0 aliphatic heterocycles. The third-order valence-electron chi connectivity index (χ3n) is 2.61. The predicted molar refractivity (Wildman–Crippen MR) is 83.2 cm³/mol. The summed E-state index contributed by atoms with van der Waals surface area (Å²) in [4.78, 5) is 4.02. The van der Waals surface area contributed by atoms with Gasteiger partial charge < -0.3 is 16.3 Å². The molecule has 20 heavy (non-hydrogen) atoms. The van der Waals surface area contributed by atoms with Gasteiger partial charge in [0.1, 0.15) is 5.69 Å². The van der Waals surface area contributed by atoms with Gasteiger partial charge >= 0.3 is 0 Å². The third kappa shape index (κ3) is 3.61. The summed E-state index contributed by atoms with van der Waals surface area (Å²) in [5.74, 6) is -0.0199. The molecule has 1 heterocycles. The van der Waals surface area contributed by atoms with E-state index in [1.807, 2.05) is 24.3 Å². The van der Waals surface area contributed by atoms with Crippen molar-refractivity contribution in [1.82, 2.24) is 4.98 Å². The van der Waals surface area contributed by atoms with E-state index in [1.165, 1.54) is 0 Å². The van der Waals surface area contributed by atoms with Gasteiger partial charge in [-0.05, 0) is 35.9 Å². The van der Waals surface area contributed by atoms with E-state index in [4.69, 9.17) is 22.5 Å². The highest BCUT2D eigenvalue weighted by Gasteiger charge is 2.04. The Hall–Kier alpha value is -1.79. The lowest BCUT2D eigenvalue weighted by atomic mass is 10.2. The number of nitrogens with one attached hydrogen (secondary N) is 1. The Morgan fingerprint density at radius 2 is 2.20 bits per heavy atom. The second kappa shape index (κ2) is 6.58. The van der Waals surface area contributed by atoms with Crippen LogP contribution in [0, 0.1) is 0 Å². The summed E-state index contributed by atoms with van der Waals surface area (Å²) in [5, 5.41) is 15.4. The molecule has 0 unspecified atom stereocenters. The van der Waals surface area contributed by atoms with Gasteiger partial charge in [0.25, 0.3) is 0 Å². The maximum Gasteiger partial charge on any atom is 0.188 e. The van der Waals surface area contributed by atoms with Crippen LogP contribution in [0.15, 0.2) is 46.2 Å². The minimum absolute atomic E-state index is 0.0199. The number of oxime groups is 1. The Kier molecular flexibility index (Phi) is 4.81. The summed E-state index contributed by atoms with van der Waals surface area (Å²) < 4.78 is 0.922. The molecule has 0 radical (unpaired) electrons. The Labute approximate surface area is 129 Å². The summed E-state index contributed by atoms with van der Waals surface area (Å²) in [6.07, 6.45) is 1.60. The number of benzene rings is 1. The molecule has 0 spiro atoms. The van der Waals surface area contributed by atoms with Crippen molar-refractivity contribution in [3.63, 3.8) is 0 Å². The molecule has 0 atom stereocenters. The molecule has 0 saturated heterocycles. The van der Waals surface area contributed by atoms with E-state index in [0.29, 0.717) is 17.3 Å². The first-order chi connectivity index (χ1) is 9.60. The monoisotopic (exact) mass is 354 g/mol. The van der Waals surface area contributed by atoms with E-state index in [2.05, 4.69) is 31.4 Å². The molecule has 7 heteroatoms. The Morgan fingerprint density at radius 1 is 1.40 bits per heavy atom. The summed E-state index contributed by atoms with van der Waals surface area (Å²) in [7, 11) is 0. The summed E-state index contributed by atoms with van der Waals surface area (Å²) in [6, 6.07) is 9.20. The van der Waals surface area contributed by atoms with Crippen molar-refractivity contribution in [3.8, 4) is 0 Å². The van der Waals surface area contributed by atoms with Crippen molar-refractivity contribution in [2.45, 2.75) is 6.54 Å². The summed E-state index contributed by atoms with van der Waals surface area (Å²) in [6.45, 7) is 0.551. The normalized spacial score (nSPS) is 11.4. The lowest BCUT2D eigenvalue weighted by Gasteiger charge is -2.09. The molecule has 0 aliphatic rings. The number of hydrogen-bond acceptors (Lipinski definition) is 4. The molecule has 0 bridgehead atoms. The maximum atomic E-state index is 8.63. The average molecular weight is 356 g/mol. The quantitative estimate of drug-likeness (QED) is 0.340. The number of hydrogen-bond donors (Lipinski definition) is 3. The van der Waals surface area contributed by atoms with Crippen molar-refractivity contribution in [3.05, 3.63) is 57.3 Å². The highest BCUT2D eigenvalue weighted by atomic mass is 79.9. The first kappa shape index (κ1) is 14.6. The van der Waals surface area contributed by atoms with Gasteiger partial charge in [-0.25, -0.2) is 0 Å². The van der Waals surface area contributed by atoms with Crippen LogP contribution in [0.25, 0.3) is 0 Å². The van der Waals surface area contributed by atoms with Gasteiger partial charge in [-0.3, -0.25) is 4.98 Å². The smallest absolute Gasteiger partial charge is 0.188 e. The molecule has 2 aromatic rings. The Bertz CT molecular complexity index is 648. The average Bonchev–Trinajstić information content (AvgIpc) is 2.46. The molecule has 0 amide bonds. The number of pyridine rings is 1. The fourth-order valence-electron chi connectivity index (χ4n) is 1.61. The van der Waals surface area contributed by atoms with Crippen molar-refractivity contribution in [1.29, 1.82) is 0 Å². The Balaban J connectivity index is 2.11. The number of halogens is 2. The zero-order valence-corrected chi connectivity index (χ0v) is 12.7. The standard InChI is InChI=1S/C13H12BrClN4O/c14-9-1-2-11(10(15)6-9)18-7-8-3-4-17-12(5-8)13(16)19-20/h1-6,18,20H,7H2,(H2,16,19). The number of aromatic nitrogens is 1. The zero-order valence-electron chi connectivity index (χ0n) is 10.3. The predicted octanol–water partition coefficient (Wildman–Crippen LogP) is 3.20. The second-order valence-electron chi connectivity index (χ2n) is 4.01. The van der Waals surface area contributed by atoms with Gasteiger partial charge in [0, 0.05) is 17.2 Å². The third-order valence-corrected chi connectivity index (χ3v) is 3.41. The van der Waals surface area contributed by atoms with E-state index >= 15 is 0 Å². The van der Waals surface area contributed by atoms with Gasteiger partial charge in [0.05, 0.1) is 10.7 Å². The number of nitrogens with zero attached hydrogens (tertiary/aromatic N) is 2. The Morgan fingerprint density at radius 3 is 2.90 bits per heavy atom. The maximum absolute atomic E-state index is 8.63. The van der Waals surface area contributed by atoms with Crippen molar-refractivity contribution in [2.24, 2.45) is 10.9 Å². The molecule has 0 aliphatic carbocycles. The minimum atomic E-state index is -0.0199. The lowest BCUT2D eigenvalue weighted by molar-refractivity contribution is 0.318. The van der Waals surface area contributed by atoms with Crippen molar-refractivity contribution in [2.75, 3.05) is 5.32 Å². The van der Waals surface area contributed by atoms with E-state index in [9.17, 15) is 0 Å². The molecule has 5 nitrogen and oxygen atoms in total. The molecule has 1 aromatic carbocycles. The number of nitrogens with two attached hydrogens (primary N) is 1. The van der Waals surface area contributed by atoms with Crippen LogP contribution in [-0.4, -0.2) is 16.0 Å². The summed E-state index contributed by atoms with van der Waals surface area (Å²) in [5.41, 5.74) is 7.70. The number of amidine groups is 1. The largest absolute Gasteiger partial charge is 0.409 e. The SMILES string of the molecule is NC(=NO)c1cc(CNc2ccc(Br)cc2Cl)ccn1. The highest BCUT2D eigenvalue weighted by Crippen LogP contribution is 2.26. The van der Waals surface area contributed by atoms with E-state index in [1.54, 1.807) is 12.3 Å². The zero-order chi connectivity index (χ0) is 14.5. The van der Waals surface area contributed by atoms with Gasteiger partial charge in [0.15, 0.2) is 5.84 Å². The topological polar surface area (TPSA) is 83.5 Å². The molecule has 2 rings (SSSR count). The molecule has 0 saturated carbocycles. The number of anilines is 1. The van der Waals surface area contributed by atoms with Crippen molar-refractivity contribution < 1.29 is 5.21 Å². The first-order valence-corrected chi connectivity index (χ1v) is 6.89. The fourth-order valence-corrected chi connectivity index (χ4v) is 2.35. The van der Waals surface area contributed by atoms with E-state index in [0.717, 1.165) is 15.7 Å². The molecule has 4 N–H and O–H groups in total. The van der Waals surface area contributed by atoms with Crippen molar-refractivity contribution >= 4 is 39.1 Å². The molecule has 0 fully saturated rings. The van der Waals surface area contributed by atoms with Gasteiger partial charge in [0.2, 0.25) is 0 Å². The van der Waals surface area contributed by atoms with Crippen LogP contribution in [0.2, 0.25) is 5.02 Å². The van der Waals surface area contributed by atoms with Gasteiger partial charge in [-0.15, -0.1) is 0 Å². The van der Waals surface area contributed by atoms with Crippen LogP contribution in [-0.2, 0) is 6.54 Å². The molecule has 104 valence electrons.